The molecule has 0 saturated heterocycles. The summed E-state index contributed by atoms with van der Waals surface area (Å²) in [4.78, 5) is 9.06. The van der Waals surface area contributed by atoms with Crippen LogP contribution in [-0.4, -0.2) is 24.3 Å². The first-order valence-electron chi connectivity index (χ1n) is 8.97. The van der Waals surface area contributed by atoms with Crippen LogP contribution >= 0.6 is 23.2 Å². The van der Waals surface area contributed by atoms with Gasteiger partial charge >= 0.3 is 0 Å². The summed E-state index contributed by atoms with van der Waals surface area (Å²) in [6.07, 6.45) is 5.58. The fourth-order valence-electron chi connectivity index (χ4n) is 3.40. The Morgan fingerprint density at radius 1 is 0.897 bits per heavy atom. The Morgan fingerprint density at radius 3 is 2.55 bits per heavy atom. The molecule has 0 unspecified atom stereocenters. The minimum atomic E-state index is 0.395. The van der Waals surface area contributed by atoms with E-state index < -0.39 is 0 Å². The molecule has 0 radical (unpaired) electrons. The lowest BCUT2D eigenvalue weighted by atomic mass is 10.1. The first kappa shape index (κ1) is 17.9. The van der Waals surface area contributed by atoms with Crippen molar-refractivity contribution in [3.05, 3.63) is 83.5 Å². The zero-order chi connectivity index (χ0) is 20.0. The number of aromatic nitrogens is 5. The molecule has 0 saturated carbocycles. The van der Waals surface area contributed by atoms with Crippen LogP contribution in [0.1, 0.15) is 0 Å². The number of rotatable bonds is 3. The third kappa shape index (κ3) is 3.28. The van der Waals surface area contributed by atoms with Gasteiger partial charge in [-0.1, -0.05) is 47.5 Å². The summed E-state index contributed by atoms with van der Waals surface area (Å²) in [6.45, 7) is 0. The Kier molecular flexibility index (Phi) is 4.34. The van der Waals surface area contributed by atoms with Crippen LogP contribution in [0.2, 0.25) is 10.2 Å². The fraction of sp³-hybridized carbons (Fsp3) is 0.0455. The number of halogens is 2. The Hall–Kier alpha value is -3.15. The molecule has 2 aromatic carbocycles. The summed E-state index contributed by atoms with van der Waals surface area (Å²) in [5.74, 6) is 0.684. The third-order valence-electron chi connectivity index (χ3n) is 4.80. The van der Waals surface area contributed by atoms with Crippen molar-refractivity contribution in [1.82, 2.24) is 24.3 Å². The summed E-state index contributed by atoms with van der Waals surface area (Å²) in [5.41, 5.74) is 5.73. The van der Waals surface area contributed by atoms with Gasteiger partial charge in [0.15, 0.2) is 0 Å². The number of benzene rings is 2. The van der Waals surface area contributed by atoms with Gasteiger partial charge in [0, 0.05) is 29.4 Å². The molecule has 0 fully saturated rings. The van der Waals surface area contributed by atoms with Gasteiger partial charge in [0.05, 0.1) is 17.2 Å². The van der Waals surface area contributed by atoms with E-state index in [1.807, 2.05) is 72.5 Å². The maximum Gasteiger partial charge on any atom is 0.140 e. The number of pyridine rings is 1. The molecule has 0 amide bonds. The maximum absolute atomic E-state index is 6.37. The highest BCUT2D eigenvalue weighted by Gasteiger charge is 2.12. The molecule has 0 bridgehead atoms. The lowest BCUT2D eigenvalue weighted by Crippen LogP contribution is -1.97. The molecule has 0 spiro atoms. The van der Waals surface area contributed by atoms with Crippen LogP contribution in [-0.2, 0) is 7.05 Å². The van der Waals surface area contributed by atoms with E-state index in [0.717, 1.165) is 33.3 Å². The van der Waals surface area contributed by atoms with Gasteiger partial charge in [0.2, 0.25) is 0 Å². The van der Waals surface area contributed by atoms with Crippen molar-refractivity contribution in [2.45, 2.75) is 0 Å². The summed E-state index contributed by atoms with van der Waals surface area (Å²) in [6, 6.07) is 17.6. The summed E-state index contributed by atoms with van der Waals surface area (Å²) in [7, 11) is 1.90. The Morgan fingerprint density at radius 2 is 1.76 bits per heavy atom. The molecule has 142 valence electrons. The minimum Gasteiger partial charge on any atom is -0.283 e. The highest BCUT2D eigenvalue weighted by molar-refractivity contribution is 6.33. The normalized spacial score (nSPS) is 11.3. The number of fused-ring (bicyclic) bond motifs is 1. The van der Waals surface area contributed by atoms with E-state index in [2.05, 4.69) is 21.1 Å². The van der Waals surface area contributed by atoms with Crippen molar-refractivity contribution < 1.29 is 0 Å². The molecule has 3 aromatic heterocycles. The highest BCUT2D eigenvalue weighted by atomic mass is 35.5. The Balaban J connectivity index is 1.62. The standard InChI is InChI=1S/C22H15Cl2N5/c1-28-12-16(11-26-28)14-6-7-20-19(8-14)25-13-29(20)22-10-15(9-21(24)27-22)17-4-2-3-5-18(17)23/h2-13H,1H3. The van der Waals surface area contributed by atoms with Gasteiger partial charge in [-0.05, 0) is 41.5 Å². The van der Waals surface area contributed by atoms with Crippen molar-refractivity contribution in [2.75, 3.05) is 0 Å². The Labute approximate surface area is 177 Å². The monoisotopic (exact) mass is 419 g/mol. The van der Waals surface area contributed by atoms with Gasteiger partial charge < -0.3 is 0 Å². The number of nitrogens with zero attached hydrogens (tertiary/aromatic N) is 5. The molecular formula is C22H15Cl2N5. The zero-order valence-electron chi connectivity index (χ0n) is 15.4. The summed E-state index contributed by atoms with van der Waals surface area (Å²) < 4.78 is 3.71. The van der Waals surface area contributed by atoms with Crippen LogP contribution in [0, 0.1) is 0 Å². The lowest BCUT2D eigenvalue weighted by molar-refractivity contribution is 0.768. The Bertz CT molecular complexity index is 1350. The van der Waals surface area contributed by atoms with Crippen LogP contribution in [0.5, 0.6) is 0 Å². The maximum atomic E-state index is 6.37. The average molecular weight is 420 g/mol. The second kappa shape index (κ2) is 7.03. The van der Waals surface area contributed by atoms with Crippen molar-refractivity contribution in [3.63, 3.8) is 0 Å². The van der Waals surface area contributed by atoms with Crippen molar-refractivity contribution in [2.24, 2.45) is 7.05 Å². The summed E-state index contributed by atoms with van der Waals surface area (Å²) >= 11 is 12.7. The smallest absolute Gasteiger partial charge is 0.140 e. The second-order valence-corrected chi connectivity index (χ2v) is 7.53. The van der Waals surface area contributed by atoms with Gasteiger partial charge in [-0.15, -0.1) is 0 Å². The third-order valence-corrected chi connectivity index (χ3v) is 5.32. The molecule has 5 aromatic rings. The van der Waals surface area contributed by atoms with E-state index in [9.17, 15) is 0 Å². The molecule has 0 aliphatic rings. The van der Waals surface area contributed by atoms with Gasteiger partial charge in [-0.3, -0.25) is 9.25 Å². The zero-order valence-corrected chi connectivity index (χ0v) is 16.9. The lowest BCUT2D eigenvalue weighted by Gasteiger charge is -2.09. The highest BCUT2D eigenvalue weighted by Crippen LogP contribution is 2.31. The molecule has 7 heteroatoms. The number of imidazole rings is 1. The molecule has 3 heterocycles. The van der Waals surface area contributed by atoms with Crippen molar-refractivity contribution in [1.29, 1.82) is 0 Å². The van der Waals surface area contributed by atoms with Crippen molar-refractivity contribution in [3.8, 4) is 28.1 Å². The molecule has 0 aliphatic heterocycles. The van der Waals surface area contributed by atoms with E-state index >= 15 is 0 Å². The van der Waals surface area contributed by atoms with Crippen LogP contribution in [0.15, 0.2) is 73.3 Å². The first-order chi connectivity index (χ1) is 14.1. The summed E-state index contributed by atoms with van der Waals surface area (Å²) in [5, 5.41) is 5.30. The molecule has 5 rings (SSSR count). The SMILES string of the molecule is Cn1cc(-c2ccc3c(c2)ncn3-c2cc(-c3ccccc3Cl)cc(Cl)n2)cn1. The van der Waals surface area contributed by atoms with Gasteiger partial charge in [0.1, 0.15) is 17.3 Å². The van der Waals surface area contributed by atoms with E-state index in [1.54, 1.807) is 11.0 Å². The molecule has 29 heavy (non-hydrogen) atoms. The quantitative estimate of drug-likeness (QED) is 0.347. The molecule has 0 aliphatic carbocycles. The molecular weight excluding hydrogens is 405 g/mol. The topological polar surface area (TPSA) is 48.5 Å². The van der Waals surface area contributed by atoms with Gasteiger partial charge in [-0.25, -0.2) is 9.97 Å². The van der Waals surface area contributed by atoms with E-state index in [-0.39, 0.29) is 0 Å². The van der Waals surface area contributed by atoms with E-state index in [1.165, 1.54) is 0 Å². The minimum absolute atomic E-state index is 0.395. The van der Waals surface area contributed by atoms with Crippen LogP contribution in [0.3, 0.4) is 0 Å². The molecule has 5 nitrogen and oxygen atoms in total. The van der Waals surface area contributed by atoms with E-state index in [0.29, 0.717) is 16.0 Å². The second-order valence-electron chi connectivity index (χ2n) is 6.74. The number of hydrogen-bond donors (Lipinski definition) is 0. The van der Waals surface area contributed by atoms with Crippen LogP contribution < -0.4 is 0 Å². The molecule has 0 atom stereocenters. The predicted octanol–water partition coefficient (Wildman–Crippen LogP) is 5.79. The molecule has 0 N–H and O–H groups in total. The van der Waals surface area contributed by atoms with Crippen LogP contribution in [0.25, 0.3) is 39.1 Å². The number of aryl methyl sites for hydroxylation is 1. The number of hydrogen-bond acceptors (Lipinski definition) is 3. The van der Waals surface area contributed by atoms with Gasteiger partial charge in [-0.2, -0.15) is 5.10 Å². The van der Waals surface area contributed by atoms with Crippen molar-refractivity contribution >= 4 is 34.2 Å². The van der Waals surface area contributed by atoms with E-state index in [4.69, 9.17) is 23.2 Å². The van der Waals surface area contributed by atoms with Crippen LogP contribution in [0.4, 0.5) is 0 Å². The fourth-order valence-corrected chi connectivity index (χ4v) is 3.85. The van der Waals surface area contributed by atoms with Gasteiger partial charge in [0.25, 0.3) is 0 Å². The largest absolute Gasteiger partial charge is 0.283 e. The average Bonchev–Trinajstić information content (AvgIpc) is 3.33. The predicted molar refractivity (Wildman–Crippen MR) is 117 cm³/mol. The first-order valence-corrected chi connectivity index (χ1v) is 9.73.